The van der Waals surface area contributed by atoms with Crippen molar-refractivity contribution in [2.75, 3.05) is 0 Å². The van der Waals surface area contributed by atoms with Crippen LogP contribution in [0.15, 0.2) is 43.0 Å². The van der Waals surface area contributed by atoms with Crippen molar-refractivity contribution in [2.45, 2.75) is 26.3 Å². The van der Waals surface area contributed by atoms with Gasteiger partial charge in [-0.2, -0.15) is 0 Å². The zero-order chi connectivity index (χ0) is 10.7. The summed E-state index contributed by atoms with van der Waals surface area (Å²) in [5.74, 6) is 0.574. The fourth-order valence-corrected chi connectivity index (χ4v) is 1.82. The van der Waals surface area contributed by atoms with Gasteiger partial charge in [-0.05, 0) is 17.0 Å². The average Bonchev–Trinajstić information content (AvgIpc) is 2.71. The van der Waals surface area contributed by atoms with Crippen molar-refractivity contribution in [3.8, 4) is 0 Å². The van der Waals surface area contributed by atoms with E-state index in [9.17, 15) is 0 Å². The Labute approximate surface area is 90.6 Å². The molecule has 0 aliphatic carbocycles. The second kappa shape index (κ2) is 4.30. The van der Waals surface area contributed by atoms with Gasteiger partial charge in [-0.1, -0.05) is 38.1 Å². The first-order chi connectivity index (χ1) is 7.27. The van der Waals surface area contributed by atoms with Crippen LogP contribution < -0.4 is 0 Å². The van der Waals surface area contributed by atoms with E-state index in [2.05, 4.69) is 47.7 Å². The van der Waals surface area contributed by atoms with E-state index in [-0.39, 0.29) is 0 Å². The van der Waals surface area contributed by atoms with Gasteiger partial charge in [0.25, 0.3) is 0 Å². The molecule has 0 bridgehead atoms. The lowest BCUT2D eigenvalue weighted by Crippen LogP contribution is -2.01. The lowest BCUT2D eigenvalue weighted by molar-refractivity contribution is 0.763. The monoisotopic (exact) mass is 200 g/mol. The van der Waals surface area contributed by atoms with Crippen LogP contribution in [0, 0.1) is 0 Å². The average molecular weight is 200 g/mol. The molecule has 0 aliphatic heterocycles. The van der Waals surface area contributed by atoms with E-state index in [0.29, 0.717) is 5.92 Å². The summed E-state index contributed by atoms with van der Waals surface area (Å²) in [4.78, 5) is 4.06. The normalized spacial score (nSPS) is 10.9. The van der Waals surface area contributed by atoms with Crippen molar-refractivity contribution in [3.63, 3.8) is 0 Å². The molecule has 78 valence electrons. The summed E-state index contributed by atoms with van der Waals surface area (Å²) >= 11 is 0. The number of hydrogen-bond donors (Lipinski definition) is 0. The molecule has 1 heterocycles. The van der Waals surface area contributed by atoms with Crippen LogP contribution in [-0.2, 0) is 6.54 Å². The molecule has 0 fully saturated rings. The summed E-state index contributed by atoms with van der Waals surface area (Å²) in [6.45, 7) is 5.37. The zero-order valence-corrected chi connectivity index (χ0v) is 9.22. The molecular weight excluding hydrogens is 184 g/mol. The first kappa shape index (κ1) is 9.97. The number of benzene rings is 1. The molecule has 15 heavy (non-hydrogen) atoms. The molecule has 2 rings (SSSR count). The SMILES string of the molecule is CC(C)c1ccccc1Cn1ccnc1. The number of rotatable bonds is 3. The van der Waals surface area contributed by atoms with Crippen LogP contribution in [0.3, 0.4) is 0 Å². The Balaban J connectivity index is 2.28. The second-order valence-corrected chi connectivity index (χ2v) is 4.09. The van der Waals surface area contributed by atoms with E-state index < -0.39 is 0 Å². The topological polar surface area (TPSA) is 17.8 Å². The smallest absolute Gasteiger partial charge is 0.0949 e. The van der Waals surface area contributed by atoms with E-state index in [1.165, 1.54) is 11.1 Å². The van der Waals surface area contributed by atoms with E-state index >= 15 is 0 Å². The van der Waals surface area contributed by atoms with E-state index in [0.717, 1.165) is 6.54 Å². The molecule has 0 saturated carbocycles. The standard InChI is InChI=1S/C13H16N2/c1-11(2)13-6-4-3-5-12(13)9-15-8-7-14-10-15/h3-8,10-11H,9H2,1-2H3. The molecule has 2 aromatic rings. The summed E-state index contributed by atoms with van der Waals surface area (Å²) in [5, 5.41) is 0. The van der Waals surface area contributed by atoms with Gasteiger partial charge >= 0.3 is 0 Å². The predicted octanol–water partition coefficient (Wildman–Crippen LogP) is 3.05. The second-order valence-electron chi connectivity index (χ2n) is 4.09. The third-order valence-electron chi connectivity index (χ3n) is 2.59. The van der Waals surface area contributed by atoms with E-state index in [1.807, 2.05) is 18.7 Å². The van der Waals surface area contributed by atoms with Gasteiger partial charge in [0.2, 0.25) is 0 Å². The first-order valence-corrected chi connectivity index (χ1v) is 5.31. The Hall–Kier alpha value is -1.57. The lowest BCUT2D eigenvalue weighted by atomic mass is 9.97. The summed E-state index contributed by atoms with van der Waals surface area (Å²) in [6, 6.07) is 8.59. The maximum absolute atomic E-state index is 4.06. The molecule has 0 aliphatic rings. The first-order valence-electron chi connectivity index (χ1n) is 5.31. The highest BCUT2D eigenvalue weighted by Crippen LogP contribution is 2.19. The summed E-state index contributed by atoms with van der Waals surface area (Å²) < 4.78 is 2.10. The Kier molecular flexibility index (Phi) is 2.86. The van der Waals surface area contributed by atoms with Gasteiger partial charge in [-0.15, -0.1) is 0 Å². The third-order valence-corrected chi connectivity index (χ3v) is 2.59. The number of hydrogen-bond acceptors (Lipinski definition) is 1. The van der Waals surface area contributed by atoms with Gasteiger partial charge in [0, 0.05) is 18.9 Å². The largest absolute Gasteiger partial charge is 0.333 e. The molecule has 0 amide bonds. The molecule has 0 spiro atoms. The predicted molar refractivity (Wildman–Crippen MR) is 61.9 cm³/mol. The Morgan fingerprint density at radius 2 is 2.07 bits per heavy atom. The summed E-state index contributed by atoms with van der Waals surface area (Å²) in [7, 11) is 0. The molecule has 2 nitrogen and oxygen atoms in total. The number of aromatic nitrogens is 2. The van der Waals surface area contributed by atoms with Gasteiger partial charge in [0.1, 0.15) is 0 Å². The highest BCUT2D eigenvalue weighted by Gasteiger charge is 2.05. The van der Waals surface area contributed by atoms with Crippen molar-refractivity contribution < 1.29 is 0 Å². The molecular formula is C13H16N2. The van der Waals surface area contributed by atoms with Crippen LogP contribution in [0.25, 0.3) is 0 Å². The van der Waals surface area contributed by atoms with Crippen LogP contribution in [0.4, 0.5) is 0 Å². The summed E-state index contributed by atoms with van der Waals surface area (Å²) in [5.41, 5.74) is 2.80. The van der Waals surface area contributed by atoms with Crippen LogP contribution >= 0.6 is 0 Å². The fraction of sp³-hybridized carbons (Fsp3) is 0.308. The molecule has 0 N–H and O–H groups in total. The van der Waals surface area contributed by atoms with Crippen LogP contribution in [0.2, 0.25) is 0 Å². The summed E-state index contributed by atoms with van der Waals surface area (Å²) in [6.07, 6.45) is 5.67. The molecule has 0 radical (unpaired) electrons. The Morgan fingerprint density at radius 3 is 2.73 bits per heavy atom. The molecule has 2 heteroatoms. The third kappa shape index (κ3) is 2.27. The van der Waals surface area contributed by atoms with Gasteiger partial charge < -0.3 is 4.57 Å². The van der Waals surface area contributed by atoms with Gasteiger partial charge in [0.15, 0.2) is 0 Å². The molecule has 1 aromatic carbocycles. The maximum atomic E-state index is 4.06. The van der Waals surface area contributed by atoms with Crippen LogP contribution in [0.1, 0.15) is 30.9 Å². The minimum Gasteiger partial charge on any atom is -0.333 e. The number of imidazole rings is 1. The van der Waals surface area contributed by atoms with E-state index in [4.69, 9.17) is 0 Å². The van der Waals surface area contributed by atoms with Crippen molar-refractivity contribution in [1.29, 1.82) is 0 Å². The van der Waals surface area contributed by atoms with Gasteiger partial charge in [-0.3, -0.25) is 0 Å². The highest BCUT2D eigenvalue weighted by molar-refractivity contribution is 5.29. The minimum absolute atomic E-state index is 0.574. The van der Waals surface area contributed by atoms with E-state index in [1.54, 1.807) is 0 Å². The Bertz CT molecular complexity index is 416. The quantitative estimate of drug-likeness (QED) is 0.744. The minimum atomic E-state index is 0.574. The van der Waals surface area contributed by atoms with Crippen molar-refractivity contribution >= 4 is 0 Å². The highest BCUT2D eigenvalue weighted by atomic mass is 15.0. The number of nitrogens with zero attached hydrogens (tertiary/aromatic N) is 2. The molecule has 0 unspecified atom stereocenters. The fourth-order valence-electron chi connectivity index (χ4n) is 1.82. The van der Waals surface area contributed by atoms with Gasteiger partial charge in [-0.25, -0.2) is 4.98 Å². The van der Waals surface area contributed by atoms with Crippen LogP contribution in [0.5, 0.6) is 0 Å². The maximum Gasteiger partial charge on any atom is 0.0949 e. The molecule has 0 saturated heterocycles. The van der Waals surface area contributed by atoms with Crippen LogP contribution in [-0.4, -0.2) is 9.55 Å². The zero-order valence-electron chi connectivity index (χ0n) is 9.22. The Morgan fingerprint density at radius 1 is 1.27 bits per heavy atom. The molecule has 0 atom stereocenters. The van der Waals surface area contributed by atoms with Crippen molar-refractivity contribution in [3.05, 3.63) is 54.1 Å². The van der Waals surface area contributed by atoms with Crippen molar-refractivity contribution in [1.82, 2.24) is 9.55 Å². The molecule has 1 aromatic heterocycles. The lowest BCUT2D eigenvalue weighted by Gasteiger charge is -2.12. The van der Waals surface area contributed by atoms with Gasteiger partial charge in [0.05, 0.1) is 6.33 Å². The van der Waals surface area contributed by atoms with Crippen molar-refractivity contribution in [2.24, 2.45) is 0 Å².